The van der Waals surface area contributed by atoms with Crippen LogP contribution in [0, 0.1) is 5.41 Å². The molecular weight excluding hydrogens is 200 g/mol. The Morgan fingerprint density at radius 3 is 2.50 bits per heavy atom. The lowest BCUT2D eigenvalue weighted by Gasteiger charge is -2.19. The van der Waals surface area contributed by atoms with E-state index in [-0.39, 0.29) is 5.41 Å². The number of aryl methyl sites for hydroxylation is 2. The fourth-order valence-corrected chi connectivity index (χ4v) is 1.58. The van der Waals surface area contributed by atoms with E-state index in [0.29, 0.717) is 0 Å². The molecule has 0 atom stereocenters. The van der Waals surface area contributed by atoms with Crippen molar-refractivity contribution in [2.45, 2.75) is 40.5 Å². The molecule has 1 aromatic rings. The van der Waals surface area contributed by atoms with Crippen molar-refractivity contribution in [2.24, 2.45) is 12.5 Å². The van der Waals surface area contributed by atoms with E-state index in [9.17, 15) is 0 Å². The van der Waals surface area contributed by atoms with Gasteiger partial charge in [-0.05, 0) is 11.8 Å². The third kappa shape index (κ3) is 3.15. The van der Waals surface area contributed by atoms with Crippen LogP contribution in [0.4, 0.5) is 11.5 Å². The Labute approximate surface area is 98.2 Å². The Balaban J connectivity index is 2.80. The summed E-state index contributed by atoms with van der Waals surface area (Å²) in [6.07, 6.45) is 2.01. The van der Waals surface area contributed by atoms with Gasteiger partial charge in [-0.3, -0.25) is 4.68 Å². The van der Waals surface area contributed by atoms with Gasteiger partial charge >= 0.3 is 0 Å². The molecule has 92 valence electrons. The van der Waals surface area contributed by atoms with Crippen molar-refractivity contribution >= 4 is 11.5 Å². The minimum absolute atomic E-state index is 0.238. The van der Waals surface area contributed by atoms with Gasteiger partial charge in [0.2, 0.25) is 0 Å². The molecule has 1 rings (SSSR count). The highest BCUT2D eigenvalue weighted by atomic mass is 15.3. The molecule has 4 nitrogen and oxygen atoms in total. The van der Waals surface area contributed by atoms with Crippen LogP contribution in [0.15, 0.2) is 0 Å². The van der Waals surface area contributed by atoms with Crippen LogP contribution >= 0.6 is 0 Å². The zero-order valence-electron chi connectivity index (χ0n) is 11.1. The first-order chi connectivity index (χ1) is 7.35. The van der Waals surface area contributed by atoms with Gasteiger partial charge in [0.25, 0.3) is 0 Å². The zero-order chi connectivity index (χ0) is 12.3. The monoisotopic (exact) mass is 224 g/mol. The first kappa shape index (κ1) is 12.9. The molecule has 0 saturated heterocycles. The Morgan fingerprint density at radius 1 is 1.38 bits per heavy atom. The van der Waals surface area contributed by atoms with Crippen LogP contribution < -0.4 is 11.1 Å². The second-order valence-corrected chi connectivity index (χ2v) is 5.50. The third-order valence-electron chi connectivity index (χ3n) is 2.43. The fourth-order valence-electron chi connectivity index (χ4n) is 1.58. The molecule has 0 spiro atoms. The summed E-state index contributed by atoms with van der Waals surface area (Å²) in [5.74, 6) is 0.943. The lowest BCUT2D eigenvalue weighted by atomic mass is 9.97. The summed E-state index contributed by atoms with van der Waals surface area (Å²) < 4.78 is 1.84. The van der Waals surface area contributed by atoms with Gasteiger partial charge in [0.1, 0.15) is 5.82 Å². The number of nitrogen functional groups attached to an aromatic ring is 1. The Bertz CT molecular complexity index is 347. The van der Waals surface area contributed by atoms with Crippen molar-refractivity contribution in [1.82, 2.24) is 9.78 Å². The normalized spacial score (nSPS) is 11.8. The molecule has 0 amide bonds. The fraction of sp³-hybridized carbons (Fsp3) is 0.750. The molecule has 0 fully saturated rings. The van der Waals surface area contributed by atoms with E-state index in [1.54, 1.807) is 0 Å². The summed E-state index contributed by atoms with van der Waals surface area (Å²) in [7, 11) is 1.93. The summed E-state index contributed by atoms with van der Waals surface area (Å²) in [4.78, 5) is 0. The molecule has 4 heteroatoms. The average Bonchev–Trinajstić information content (AvgIpc) is 2.39. The molecule has 0 aromatic carbocycles. The van der Waals surface area contributed by atoms with Crippen molar-refractivity contribution < 1.29 is 0 Å². The minimum Gasteiger partial charge on any atom is -0.394 e. The minimum atomic E-state index is 0.238. The van der Waals surface area contributed by atoms with Crippen molar-refractivity contribution in [3.63, 3.8) is 0 Å². The highest BCUT2D eigenvalue weighted by Gasteiger charge is 2.15. The molecule has 0 saturated carbocycles. The number of hydrogen-bond donors (Lipinski definition) is 2. The predicted octanol–water partition coefficient (Wildman–Crippen LogP) is 2.41. The van der Waals surface area contributed by atoms with E-state index in [4.69, 9.17) is 5.73 Å². The molecular formula is C12H24N4. The van der Waals surface area contributed by atoms with E-state index < -0.39 is 0 Å². The Hall–Kier alpha value is -1.19. The summed E-state index contributed by atoms with van der Waals surface area (Å²) >= 11 is 0. The van der Waals surface area contributed by atoms with Crippen LogP contribution in [0.3, 0.4) is 0 Å². The zero-order valence-corrected chi connectivity index (χ0v) is 11.1. The smallest absolute Gasteiger partial charge is 0.147 e. The molecule has 0 aliphatic carbocycles. The number of anilines is 2. The van der Waals surface area contributed by atoms with Gasteiger partial charge < -0.3 is 11.1 Å². The second-order valence-electron chi connectivity index (χ2n) is 5.50. The van der Waals surface area contributed by atoms with Crippen LogP contribution in [-0.4, -0.2) is 16.3 Å². The highest BCUT2D eigenvalue weighted by molar-refractivity contribution is 5.65. The molecule has 1 heterocycles. The van der Waals surface area contributed by atoms with E-state index in [0.717, 1.165) is 36.6 Å². The lowest BCUT2D eigenvalue weighted by Crippen LogP contribution is -2.20. The van der Waals surface area contributed by atoms with E-state index in [1.807, 2.05) is 11.7 Å². The van der Waals surface area contributed by atoms with Crippen molar-refractivity contribution in [3.05, 3.63) is 5.69 Å². The van der Waals surface area contributed by atoms with Gasteiger partial charge in [-0.2, -0.15) is 5.10 Å². The van der Waals surface area contributed by atoms with Crippen molar-refractivity contribution in [1.29, 1.82) is 0 Å². The first-order valence-corrected chi connectivity index (χ1v) is 5.90. The predicted molar refractivity (Wildman–Crippen MR) is 69.6 cm³/mol. The standard InChI is InChI=1S/C12H24N4/c1-6-7-9-10(13)11(16(5)15-9)14-8-12(2,3)4/h14H,6-8,13H2,1-5H3. The van der Waals surface area contributed by atoms with Crippen molar-refractivity contribution in [3.8, 4) is 0 Å². The quantitative estimate of drug-likeness (QED) is 0.825. The SMILES string of the molecule is CCCc1nn(C)c(NCC(C)(C)C)c1N. The van der Waals surface area contributed by atoms with Gasteiger partial charge in [-0.25, -0.2) is 0 Å². The van der Waals surface area contributed by atoms with E-state index in [2.05, 4.69) is 38.1 Å². The molecule has 0 bridgehead atoms. The number of rotatable bonds is 4. The molecule has 0 aliphatic heterocycles. The average molecular weight is 224 g/mol. The third-order valence-corrected chi connectivity index (χ3v) is 2.43. The maximum absolute atomic E-state index is 6.07. The summed E-state index contributed by atoms with van der Waals surface area (Å²) in [5, 5.41) is 7.81. The molecule has 1 aromatic heterocycles. The lowest BCUT2D eigenvalue weighted by molar-refractivity contribution is 0.441. The largest absolute Gasteiger partial charge is 0.394 e. The molecule has 0 aliphatic rings. The van der Waals surface area contributed by atoms with E-state index in [1.165, 1.54) is 0 Å². The van der Waals surface area contributed by atoms with Crippen LogP contribution in [0.25, 0.3) is 0 Å². The molecule has 0 radical (unpaired) electrons. The van der Waals surface area contributed by atoms with Gasteiger partial charge in [0.15, 0.2) is 0 Å². The Morgan fingerprint density at radius 2 is 2.00 bits per heavy atom. The highest BCUT2D eigenvalue weighted by Crippen LogP contribution is 2.24. The Kier molecular flexibility index (Phi) is 3.83. The molecule has 3 N–H and O–H groups in total. The maximum atomic E-state index is 6.07. The van der Waals surface area contributed by atoms with Crippen molar-refractivity contribution in [2.75, 3.05) is 17.6 Å². The van der Waals surface area contributed by atoms with E-state index >= 15 is 0 Å². The van der Waals surface area contributed by atoms with Crippen LogP contribution in [0.5, 0.6) is 0 Å². The van der Waals surface area contributed by atoms with Gasteiger partial charge in [0, 0.05) is 13.6 Å². The van der Waals surface area contributed by atoms with Gasteiger partial charge in [-0.1, -0.05) is 34.1 Å². The molecule has 16 heavy (non-hydrogen) atoms. The second kappa shape index (κ2) is 4.76. The molecule has 0 unspecified atom stereocenters. The van der Waals surface area contributed by atoms with Crippen LogP contribution in [0.1, 0.15) is 39.8 Å². The number of aromatic nitrogens is 2. The topological polar surface area (TPSA) is 55.9 Å². The summed E-state index contributed by atoms with van der Waals surface area (Å²) in [6.45, 7) is 9.61. The first-order valence-electron chi connectivity index (χ1n) is 5.90. The van der Waals surface area contributed by atoms with Crippen LogP contribution in [-0.2, 0) is 13.5 Å². The number of nitrogens with zero attached hydrogens (tertiary/aromatic N) is 2. The summed E-state index contributed by atoms with van der Waals surface area (Å²) in [6, 6.07) is 0. The summed E-state index contributed by atoms with van der Waals surface area (Å²) in [5.41, 5.74) is 8.11. The number of nitrogens with one attached hydrogen (secondary N) is 1. The van der Waals surface area contributed by atoms with Gasteiger partial charge in [0.05, 0.1) is 11.4 Å². The van der Waals surface area contributed by atoms with Crippen LogP contribution in [0.2, 0.25) is 0 Å². The number of hydrogen-bond acceptors (Lipinski definition) is 3. The maximum Gasteiger partial charge on any atom is 0.147 e. The van der Waals surface area contributed by atoms with Gasteiger partial charge in [-0.15, -0.1) is 0 Å². The number of nitrogens with two attached hydrogens (primary N) is 1.